The van der Waals surface area contributed by atoms with Crippen LogP contribution in [0, 0.1) is 11.6 Å². The van der Waals surface area contributed by atoms with Gasteiger partial charge in [-0.2, -0.15) is 0 Å². The lowest BCUT2D eigenvalue weighted by atomic mass is 10.2. The van der Waals surface area contributed by atoms with Gasteiger partial charge in [0.25, 0.3) is 0 Å². The lowest BCUT2D eigenvalue weighted by Crippen LogP contribution is -2.21. The third-order valence-corrected chi connectivity index (χ3v) is 3.43. The van der Waals surface area contributed by atoms with E-state index in [4.69, 9.17) is 0 Å². The first-order valence-electron chi connectivity index (χ1n) is 5.70. The zero-order valence-corrected chi connectivity index (χ0v) is 11.0. The minimum absolute atomic E-state index is 0.0432. The third kappa shape index (κ3) is 2.91. The van der Waals surface area contributed by atoms with Crippen LogP contribution < -0.4 is 5.32 Å². The molecule has 1 aromatic heterocycles. The van der Waals surface area contributed by atoms with Gasteiger partial charge in [0.05, 0.1) is 5.56 Å². The van der Waals surface area contributed by atoms with Gasteiger partial charge in [-0.15, -0.1) is 11.3 Å². The molecule has 2 aromatic rings. The van der Waals surface area contributed by atoms with Gasteiger partial charge in [-0.1, -0.05) is 19.9 Å². The van der Waals surface area contributed by atoms with Crippen LogP contribution in [0.15, 0.2) is 24.4 Å². The Kier molecular flexibility index (Phi) is 4.04. The van der Waals surface area contributed by atoms with E-state index in [1.807, 2.05) is 13.8 Å². The molecule has 0 unspecified atom stereocenters. The standard InChI is InChI=1S/C13H14F2N2S/c1-8(2)16-6-9-7-17-13(18-9)12-10(14)4-3-5-11(12)15/h3-5,7-8,16H,6H2,1-2H3. The van der Waals surface area contributed by atoms with Gasteiger partial charge < -0.3 is 5.32 Å². The van der Waals surface area contributed by atoms with E-state index in [9.17, 15) is 8.78 Å². The van der Waals surface area contributed by atoms with E-state index in [2.05, 4.69) is 10.3 Å². The fourth-order valence-electron chi connectivity index (χ4n) is 1.51. The van der Waals surface area contributed by atoms with Crippen LogP contribution in [0.4, 0.5) is 8.78 Å². The molecule has 5 heteroatoms. The first-order valence-corrected chi connectivity index (χ1v) is 6.52. The average Bonchev–Trinajstić information content (AvgIpc) is 2.75. The van der Waals surface area contributed by atoms with Crippen LogP contribution in [0.1, 0.15) is 18.7 Å². The number of benzene rings is 1. The largest absolute Gasteiger partial charge is 0.310 e. The van der Waals surface area contributed by atoms with Crippen molar-refractivity contribution < 1.29 is 8.78 Å². The summed E-state index contributed by atoms with van der Waals surface area (Å²) in [5, 5.41) is 3.62. The Morgan fingerprint density at radius 3 is 2.56 bits per heavy atom. The number of rotatable bonds is 4. The minimum Gasteiger partial charge on any atom is -0.310 e. The molecule has 0 fully saturated rings. The molecule has 0 radical (unpaired) electrons. The van der Waals surface area contributed by atoms with E-state index >= 15 is 0 Å². The van der Waals surface area contributed by atoms with E-state index in [1.54, 1.807) is 6.20 Å². The summed E-state index contributed by atoms with van der Waals surface area (Å²) in [5.74, 6) is -1.15. The molecule has 1 aromatic carbocycles. The molecule has 0 aliphatic rings. The van der Waals surface area contributed by atoms with Gasteiger partial charge >= 0.3 is 0 Å². The predicted octanol–water partition coefficient (Wildman–Crippen LogP) is 3.59. The molecule has 0 bridgehead atoms. The number of aromatic nitrogens is 1. The van der Waals surface area contributed by atoms with Crippen molar-refractivity contribution in [2.75, 3.05) is 0 Å². The van der Waals surface area contributed by atoms with Gasteiger partial charge in [0.15, 0.2) is 0 Å². The summed E-state index contributed by atoms with van der Waals surface area (Å²) in [5.41, 5.74) is -0.0432. The number of halogens is 2. The Morgan fingerprint density at radius 2 is 1.94 bits per heavy atom. The van der Waals surface area contributed by atoms with Crippen LogP contribution in [-0.2, 0) is 6.54 Å². The summed E-state index contributed by atoms with van der Waals surface area (Å²) < 4.78 is 27.1. The first kappa shape index (κ1) is 13.1. The second kappa shape index (κ2) is 5.54. The highest BCUT2D eigenvalue weighted by Gasteiger charge is 2.14. The predicted molar refractivity (Wildman–Crippen MR) is 69.4 cm³/mol. The summed E-state index contributed by atoms with van der Waals surface area (Å²) in [6, 6.07) is 4.20. The third-order valence-electron chi connectivity index (χ3n) is 2.41. The fourth-order valence-corrected chi connectivity index (χ4v) is 2.42. The summed E-state index contributed by atoms with van der Waals surface area (Å²) in [7, 11) is 0. The van der Waals surface area contributed by atoms with E-state index in [0.29, 0.717) is 17.6 Å². The maximum Gasteiger partial charge on any atom is 0.136 e. The van der Waals surface area contributed by atoms with Crippen molar-refractivity contribution in [1.29, 1.82) is 0 Å². The van der Waals surface area contributed by atoms with Gasteiger partial charge in [-0.3, -0.25) is 0 Å². The molecule has 2 nitrogen and oxygen atoms in total. The van der Waals surface area contributed by atoms with Crippen molar-refractivity contribution in [2.24, 2.45) is 0 Å². The van der Waals surface area contributed by atoms with Crippen molar-refractivity contribution in [3.8, 4) is 10.6 Å². The number of thiazole rings is 1. The molecule has 0 saturated heterocycles. The van der Waals surface area contributed by atoms with Gasteiger partial charge in [0.1, 0.15) is 16.6 Å². The monoisotopic (exact) mass is 268 g/mol. The summed E-state index contributed by atoms with van der Waals surface area (Å²) in [4.78, 5) is 5.04. The quantitative estimate of drug-likeness (QED) is 0.916. The number of nitrogens with zero attached hydrogens (tertiary/aromatic N) is 1. The maximum absolute atomic E-state index is 13.6. The smallest absolute Gasteiger partial charge is 0.136 e. The van der Waals surface area contributed by atoms with Crippen LogP contribution in [0.25, 0.3) is 10.6 Å². The lowest BCUT2D eigenvalue weighted by molar-refractivity contribution is 0.589. The molecular formula is C13H14F2N2S. The van der Waals surface area contributed by atoms with Gasteiger partial charge in [-0.25, -0.2) is 13.8 Å². The molecular weight excluding hydrogens is 254 g/mol. The zero-order chi connectivity index (χ0) is 13.1. The Balaban J connectivity index is 2.24. The highest BCUT2D eigenvalue weighted by Crippen LogP contribution is 2.29. The highest BCUT2D eigenvalue weighted by molar-refractivity contribution is 7.15. The highest BCUT2D eigenvalue weighted by atomic mass is 32.1. The number of hydrogen-bond donors (Lipinski definition) is 1. The Morgan fingerprint density at radius 1 is 1.28 bits per heavy atom. The van der Waals surface area contributed by atoms with E-state index in [0.717, 1.165) is 4.88 Å². The summed E-state index contributed by atoms with van der Waals surface area (Å²) >= 11 is 1.30. The maximum atomic E-state index is 13.6. The molecule has 18 heavy (non-hydrogen) atoms. The normalized spacial score (nSPS) is 11.2. The molecule has 1 heterocycles. The van der Waals surface area contributed by atoms with Crippen molar-refractivity contribution >= 4 is 11.3 Å². The van der Waals surface area contributed by atoms with E-state index in [-0.39, 0.29) is 5.56 Å². The molecule has 96 valence electrons. The molecule has 0 spiro atoms. The van der Waals surface area contributed by atoms with Crippen LogP contribution in [0.2, 0.25) is 0 Å². The molecule has 2 rings (SSSR count). The van der Waals surface area contributed by atoms with Gasteiger partial charge in [-0.05, 0) is 12.1 Å². The molecule has 0 atom stereocenters. The van der Waals surface area contributed by atoms with E-state index in [1.165, 1.54) is 29.5 Å². The second-order valence-electron chi connectivity index (χ2n) is 4.26. The molecule has 1 N–H and O–H groups in total. The Bertz CT molecular complexity index is 517. The second-order valence-corrected chi connectivity index (χ2v) is 5.38. The lowest BCUT2D eigenvalue weighted by Gasteiger charge is -2.04. The van der Waals surface area contributed by atoms with Crippen LogP contribution in [-0.4, -0.2) is 11.0 Å². The molecule has 0 saturated carbocycles. The molecule has 0 aliphatic heterocycles. The fraction of sp³-hybridized carbons (Fsp3) is 0.308. The first-order chi connectivity index (χ1) is 8.58. The zero-order valence-electron chi connectivity index (χ0n) is 10.2. The van der Waals surface area contributed by atoms with E-state index < -0.39 is 11.6 Å². The Hall–Kier alpha value is -1.33. The van der Waals surface area contributed by atoms with Gasteiger partial charge in [0, 0.05) is 23.7 Å². The van der Waals surface area contributed by atoms with Crippen molar-refractivity contribution in [3.05, 3.63) is 40.9 Å². The topological polar surface area (TPSA) is 24.9 Å². The number of hydrogen-bond acceptors (Lipinski definition) is 3. The van der Waals surface area contributed by atoms with Gasteiger partial charge in [0.2, 0.25) is 0 Å². The average molecular weight is 268 g/mol. The summed E-state index contributed by atoms with van der Waals surface area (Å²) in [6.45, 7) is 4.74. The SMILES string of the molecule is CC(C)NCc1cnc(-c2c(F)cccc2F)s1. The van der Waals surface area contributed by atoms with Crippen molar-refractivity contribution in [1.82, 2.24) is 10.3 Å². The van der Waals surface area contributed by atoms with Crippen LogP contribution in [0.3, 0.4) is 0 Å². The van der Waals surface area contributed by atoms with Crippen LogP contribution >= 0.6 is 11.3 Å². The number of nitrogens with one attached hydrogen (secondary N) is 1. The Labute approximate surface area is 109 Å². The molecule has 0 amide bonds. The minimum atomic E-state index is -0.576. The molecule has 0 aliphatic carbocycles. The van der Waals surface area contributed by atoms with Crippen molar-refractivity contribution in [3.63, 3.8) is 0 Å². The van der Waals surface area contributed by atoms with Crippen molar-refractivity contribution in [2.45, 2.75) is 26.4 Å². The van der Waals surface area contributed by atoms with Crippen LogP contribution in [0.5, 0.6) is 0 Å². The summed E-state index contributed by atoms with van der Waals surface area (Å²) in [6.07, 6.45) is 1.65.